The van der Waals surface area contributed by atoms with E-state index in [4.69, 9.17) is 0 Å². The van der Waals surface area contributed by atoms with E-state index in [2.05, 4.69) is 17.1 Å². The predicted molar refractivity (Wildman–Crippen MR) is 74.6 cm³/mol. The highest BCUT2D eigenvalue weighted by Crippen LogP contribution is 2.26. The third kappa shape index (κ3) is 3.05. The Bertz CT molecular complexity index is 461. The molecule has 3 nitrogen and oxygen atoms in total. The summed E-state index contributed by atoms with van der Waals surface area (Å²) in [5.74, 6) is -0.426. The number of hydrogen-bond donors (Lipinski definition) is 1. The molecule has 0 amide bonds. The number of anilines is 1. The van der Waals surface area contributed by atoms with Crippen LogP contribution in [0.15, 0.2) is 18.2 Å². The Kier molecular flexibility index (Phi) is 4.75. The Hall–Kier alpha value is -1.60. The molecular formula is C15H20FN3. The van der Waals surface area contributed by atoms with Crippen LogP contribution in [0.3, 0.4) is 0 Å². The molecule has 1 aliphatic heterocycles. The third-order valence-electron chi connectivity index (χ3n) is 3.59. The lowest BCUT2D eigenvalue weighted by atomic mass is 10.0. The number of nitrogens with one attached hydrogen (secondary N) is 1. The van der Waals surface area contributed by atoms with Gasteiger partial charge in [0, 0.05) is 19.1 Å². The molecule has 102 valence electrons. The maximum absolute atomic E-state index is 13.8. The molecule has 0 aliphatic carbocycles. The quantitative estimate of drug-likeness (QED) is 0.905. The van der Waals surface area contributed by atoms with Gasteiger partial charge in [-0.05, 0) is 37.9 Å². The van der Waals surface area contributed by atoms with Crippen molar-refractivity contribution < 1.29 is 4.39 Å². The van der Waals surface area contributed by atoms with E-state index >= 15 is 0 Å². The predicted octanol–water partition coefficient (Wildman–Crippen LogP) is 2.67. The first-order valence-electron chi connectivity index (χ1n) is 6.94. The van der Waals surface area contributed by atoms with Crippen LogP contribution in [0, 0.1) is 17.1 Å². The number of benzene rings is 1. The molecule has 0 bridgehead atoms. The number of rotatable bonds is 4. The topological polar surface area (TPSA) is 39.1 Å². The zero-order valence-corrected chi connectivity index (χ0v) is 11.3. The minimum atomic E-state index is -0.426. The van der Waals surface area contributed by atoms with Gasteiger partial charge in [0.15, 0.2) is 0 Å². The lowest BCUT2D eigenvalue weighted by molar-refractivity contribution is 0.430. The summed E-state index contributed by atoms with van der Waals surface area (Å²) in [6, 6.07) is 7.24. The van der Waals surface area contributed by atoms with Crippen LogP contribution in [0.4, 0.5) is 10.1 Å². The van der Waals surface area contributed by atoms with Crippen LogP contribution >= 0.6 is 0 Å². The first-order valence-corrected chi connectivity index (χ1v) is 6.94. The maximum atomic E-state index is 13.8. The van der Waals surface area contributed by atoms with Crippen molar-refractivity contribution in [3.8, 4) is 6.07 Å². The normalized spacial score (nSPS) is 18.9. The molecule has 1 atom stereocenters. The summed E-state index contributed by atoms with van der Waals surface area (Å²) >= 11 is 0. The summed E-state index contributed by atoms with van der Waals surface area (Å²) in [6.45, 7) is 4.91. The van der Waals surface area contributed by atoms with Crippen LogP contribution < -0.4 is 10.2 Å². The standard InChI is InChI=1S/C15H20FN3/c1-2-9-19(12-5-4-8-18-11-12)15-7-3-6-14(16)13(15)10-17/h3,6-7,12,18H,2,4-5,8-9,11H2,1H3. The van der Waals surface area contributed by atoms with Crippen molar-refractivity contribution in [3.63, 3.8) is 0 Å². The smallest absolute Gasteiger partial charge is 0.143 e. The summed E-state index contributed by atoms with van der Waals surface area (Å²) in [7, 11) is 0. The first-order chi connectivity index (χ1) is 9.27. The van der Waals surface area contributed by atoms with Crippen LogP contribution in [0.2, 0.25) is 0 Å². The third-order valence-corrected chi connectivity index (χ3v) is 3.59. The molecule has 0 spiro atoms. The van der Waals surface area contributed by atoms with Gasteiger partial charge in [-0.2, -0.15) is 5.26 Å². The van der Waals surface area contributed by atoms with Gasteiger partial charge in [-0.15, -0.1) is 0 Å². The lowest BCUT2D eigenvalue weighted by Crippen LogP contribution is -2.46. The van der Waals surface area contributed by atoms with E-state index in [9.17, 15) is 9.65 Å². The van der Waals surface area contributed by atoms with E-state index in [1.807, 2.05) is 12.1 Å². The van der Waals surface area contributed by atoms with Gasteiger partial charge < -0.3 is 10.2 Å². The first kappa shape index (κ1) is 13.8. The Morgan fingerprint density at radius 1 is 1.53 bits per heavy atom. The SMILES string of the molecule is CCCN(c1cccc(F)c1C#N)C1CCCNC1. The monoisotopic (exact) mass is 261 g/mol. The summed E-state index contributed by atoms with van der Waals surface area (Å²) in [6.07, 6.45) is 3.20. The zero-order valence-electron chi connectivity index (χ0n) is 11.3. The molecule has 1 aromatic carbocycles. The van der Waals surface area contributed by atoms with Crippen molar-refractivity contribution in [2.45, 2.75) is 32.2 Å². The molecule has 1 N–H and O–H groups in total. The van der Waals surface area contributed by atoms with Crippen molar-refractivity contribution in [1.82, 2.24) is 5.32 Å². The van der Waals surface area contributed by atoms with Gasteiger partial charge >= 0.3 is 0 Å². The molecule has 2 rings (SSSR count). The van der Waals surface area contributed by atoms with Gasteiger partial charge in [0.2, 0.25) is 0 Å². The number of hydrogen-bond acceptors (Lipinski definition) is 3. The maximum Gasteiger partial charge on any atom is 0.143 e. The Morgan fingerprint density at radius 3 is 3.00 bits per heavy atom. The van der Waals surface area contributed by atoms with Crippen LogP contribution in [-0.4, -0.2) is 25.7 Å². The van der Waals surface area contributed by atoms with Gasteiger partial charge in [-0.1, -0.05) is 13.0 Å². The summed E-state index contributed by atoms with van der Waals surface area (Å²) in [5, 5.41) is 12.6. The molecule has 1 heterocycles. The fourth-order valence-electron chi connectivity index (χ4n) is 2.70. The molecule has 1 saturated heterocycles. The van der Waals surface area contributed by atoms with Gasteiger partial charge in [0.1, 0.15) is 17.4 Å². The van der Waals surface area contributed by atoms with Gasteiger partial charge in [-0.3, -0.25) is 0 Å². The molecule has 1 aliphatic rings. The van der Waals surface area contributed by atoms with E-state index < -0.39 is 5.82 Å². The molecule has 4 heteroatoms. The average molecular weight is 261 g/mol. The van der Waals surface area contributed by atoms with E-state index in [0.717, 1.165) is 44.6 Å². The highest BCUT2D eigenvalue weighted by molar-refractivity contribution is 5.60. The molecule has 0 radical (unpaired) electrons. The molecule has 0 saturated carbocycles. The van der Waals surface area contributed by atoms with Crippen molar-refractivity contribution in [2.24, 2.45) is 0 Å². The van der Waals surface area contributed by atoms with Crippen LogP contribution in [0.5, 0.6) is 0 Å². The van der Waals surface area contributed by atoms with E-state index in [1.54, 1.807) is 6.07 Å². The van der Waals surface area contributed by atoms with Gasteiger partial charge in [0.05, 0.1) is 5.69 Å². The fraction of sp³-hybridized carbons (Fsp3) is 0.533. The molecule has 1 unspecified atom stereocenters. The second-order valence-electron chi connectivity index (χ2n) is 4.94. The molecule has 0 aromatic heterocycles. The summed E-state index contributed by atoms with van der Waals surface area (Å²) < 4.78 is 13.8. The fourth-order valence-corrected chi connectivity index (χ4v) is 2.70. The zero-order chi connectivity index (χ0) is 13.7. The minimum Gasteiger partial charge on any atom is -0.366 e. The Balaban J connectivity index is 2.33. The van der Waals surface area contributed by atoms with Crippen LogP contribution in [-0.2, 0) is 0 Å². The van der Waals surface area contributed by atoms with Gasteiger partial charge in [-0.25, -0.2) is 4.39 Å². The molecule has 1 aromatic rings. The van der Waals surface area contributed by atoms with E-state index in [-0.39, 0.29) is 5.56 Å². The van der Waals surface area contributed by atoms with Crippen LogP contribution in [0.25, 0.3) is 0 Å². The number of nitriles is 1. The number of nitrogens with zero attached hydrogens (tertiary/aromatic N) is 2. The lowest BCUT2D eigenvalue weighted by Gasteiger charge is -2.36. The van der Waals surface area contributed by atoms with Crippen molar-refractivity contribution in [2.75, 3.05) is 24.5 Å². The summed E-state index contributed by atoms with van der Waals surface area (Å²) in [5.41, 5.74) is 0.902. The minimum absolute atomic E-state index is 0.168. The van der Waals surface area contributed by atoms with Crippen molar-refractivity contribution >= 4 is 5.69 Å². The molecule has 19 heavy (non-hydrogen) atoms. The Morgan fingerprint density at radius 2 is 2.37 bits per heavy atom. The Labute approximate surface area is 114 Å². The second-order valence-corrected chi connectivity index (χ2v) is 4.94. The van der Waals surface area contributed by atoms with Crippen LogP contribution in [0.1, 0.15) is 31.7 Å². The van der Waals surface area contributed by atoms with E-state index in [0.29, 0.717) is 6.04 Å². The van der Waals surface area contributed by atoms with Gasteiger partial charge in [0.25, 0.3) is 0 Å². The second kappa shape index (κ2) is 6.53. The summed E-state index contributed by atoms with van der Waals surface area (Å²) in [4.78, 5) is 2.19. The van der Waals surface area contributed by atoms with E-state index in [1.165, 1.54) is 6.07 Å². The highest BCUT2D eigenvalue weighted by Gasteiger charge is 2.23. The molecule has 1 fully saturated rings. The average Bonchev–Trinajstić information content (AvgIpc) is 2.45. The molecular weight excluding hydrogens is 241 g/mol. The largest absolute Gasteiger partial charge is 0.366 e. The number of halogens is 1. The van der Waals surface area contributed by atoms with Crippen molar-refractivity contribution in [1.29, 1.82) is 5.26 Å². The number of piperidine rings is 1. The highest BCUT2D eigenvalue weighted by atomic mass is 19.1. The van der Waals surface area contributed by atoms with Crippen molar-refractivity contribution in [3.05, 3.63) is 29.6 Å².